The molecule has 0 spiro atoms. The minimum atomic E-state index is -3.79. The summed E-state index contributed by atoms with van der Waals surface area (Å²) in [7, 11) is -3.79. The van der Waals surface area contributed by atoms with Gasteiger partial charge in [0.2, 0.25) is 10.0 Å². The number of rotatable bonds is 2. The fourth-order valence-corrected chi connectivity index (χ4v) is 4.78. The molecular weight excluding hydrogens is 323 g/mol. The Morgan fingerprint density at radius 2 is 1.70 bits per heavy atom. The molecule has 8 heteroatoms. The Hall–Kier alpha value is -0.530. The number of nitrogens with two attached hydrogens (primary N) is 1. The van der Waals surface area contributed by atoms with E-state index in [0.717, 1.165) is 0 Å². The van der Waals surface area contributed by atoms with Gasteiger partial charge in [-0.3, -0.25) is 0 Å². The van der Waals surface area contributed by atoms with E-state index in [2.05, 4.69) is 0 Å². The van der Waals surface area contributed by atoms with E-state index in [1.165, 1.54) is 16.4 Å². The Kier molecular flexibility index (Phi) is 4.24. The molecule has 1 aromatic rings. The third kappa shape index (κ3) is 3.04. The summed E-state index contributed by atoms with van der Waals surface area (Å²) in [5.74, 6) is 0. The molecule has 0 unspecified atom stereocenters. The van der Waals surface area contributed by atoms with Crippen molar-refractivity contribution in [2.24, 2.45) is 0 Å². The van der Waals surface area contributed by atoms with Gasteiger partial charge in [-0.25, -0.2) is 8.42 Å². The summed E-state index contributed by atoms with van der Waals surface area (Å²) in [6.45, 7) is 2.15. The molecule has 1 fully saturated rings. The fourth-order valence-electron chi connectivity index (χ4n) is 2.16. The molecule has 0 bridgehead atoms. The number of halogens is 2. The van der Waals surface area contributed by atoms with Gasteiger partial charge in [0.15, 0.2) is 0 Å². The third-order valence-corrected chi connectivity index (χ3v) is 6.24. The van der Waals surface area contributed by atoms with E-state index in [1.54, 1.807) is 6.92 Å². The minimum Gasteiger partial charge on any atom is -0.399 e. The SMILES string of the molecule is CC1(O)CCN(S(=O)(=O)c2c(Cl)cc(N)cc2Cl)CC1. The second-order valence-corrected chi connectivity index (χ2v) is 7.90. The molecule has 1 aliphatic heterocycles. The first-order valence-corrected chi connectivity index (χ1v) is 8.30. The number of nitrogens with zero attached hydrogens (tertiary/aromatic N) is 1. The predicted molar refractivity (Wildman–Crippen MR) is 79.5 cm³/mol. The van der Waals surface area contributed by atoms with Gasteiger partial charge in [-0.1, -0.05) is 23.2 Å². The summed E-state index contributed by atoms with van der Waals surface area (Å²) < 4.78 is 26.5. The Morgan fingerprint density at radius 1 is 1.25 bits per heavy atom. The van der Waals surface area contributed by atoms with Crippen LogP contribution in [0.2, 0.25) is 10.0 Å². The summed E-state index contributed by atoms with van der Waals surface area (Å²) >= 11 is 11.9. The average Bonchev–Trinajstić information content (AvgIpc) is 2.26. The Bertz CT molecular complexity index is 599. The molecule has 1 aromatic carbocycles. The molecular formula is C12H16Cl2N2O3S. The fraction of sp³-hybridized carbons (Fsp3) is 0.500. The quantitative estimate of drug-likeness (QED) is 0.809. The molecule has 3 N–H and O–H groups in total. The lowest BCUT2D eigenvalue weighted by Crippen LogP contribution is -2.45. The zero-order valence-corrected chi connectivity index (χ0v) is 13.3. The third-order valence-electron chi connectivity index (χ3n) is 3.42. The summed E-state index contributed by atoms with van der Waals surface area (Å²) in [5.41, 5.74) is 5.05. The van der Waals surface area contributed by atoms with Gasteiger partial charge in [0.25, 0.3) is 0 Å². The van der Waals surface area contributed by atoms with Crippen molar-refractivity contribution >= 4 is 38.9 Å². The highest BCUT2D eigenvalue weighted by Crippen LogP contribution is 2.35. The van der Waals surface area contributed by atoms with Crippen molar-refractivity contribution in [2.45, 2.75) is 30.3 Å². The van der Waals surface area contributed by atoms with Crippen molar-refractivity contribution < 1.29 is 13.5 Å². The van der Waals surface area contributed by atoms with Crippen molar-refractivity contribution in [2.75, 3.05) is 18.8 Å². The van der Waals surface area contributed by atoms with Crippen LogP contribution in [-0.4, -0.2) is 36.5 Å². The molecule has 5 nitrogen and oxygen atoms in total. The maximum absolute atomic E-state index is 12.6. The molecule has 1 heterocycles. The van der Waals surface area contributed by atoms with E-state index in [-0.39, 0.29) is 28.0 Å². The van der Waals surface area contributed by atoms with Crippen molar-refractivity contribution in [3.63, 3.8) is 0 Å². The maximum Gasteiger partial charge on any atom is 0.246 e. The summed E-state index contributed by atoms with van der Waals surface area (Å²) in [6.07, 6.45) is 0.743. The Balaban J connectivity index is 2.37. The molecule has 0 aliphatic carbocycles. The van der Waals surface area contributed by atoms with Gasteiger partial charge in [0.1, 0.15) is 4.90 Å². The van der Waals surface area contributed by atoms with E-state index in [9.17, 15) is 13.5 Å². The van der Waals surface area contributed by atoms with Gasteiger partial charge < -0.3 is 10.8 Å². The van der Waals surface area contributed by atoms with E-state index >= 15 is 0 Å². The van der Waals surface area contributed by atoms with Crippen molar-refractivity contribution in [3.8, 4) is 0 Å². The van der Waals surface area contributed by atoms with Crippen LogP contribution >= 0.6 is 23.2 Å². The molecule has 0 radical (unpaired) electrons. The van der Waals surface area contributed by atoms with Gasteiger partial charge >= 0.3 is 0 Å². The van der Waals surface area contributed by atoms with Gasteiger partial charge in [0, 0.05) is 18.8 Å². The lowest BCUT2D eigenvalue weighted by atomic mass is 9.95. The zero-order valence-electron chi connectivity index (χ0n) is 10.9. The predicted octanol–water partition coefficient (Wildman–Crippen LogP) is 2.11. The highest BCUT2D eigenvalue weighted by molar-refractivity contribution is 7.89. The summed E-state index contributed by atoms with van der Waals surface area (Å²) in [6, 6.07) is 2.72. The average molecular weight is 339 g/mol. The molecule has 1 saturated heterocycles. The van der Waals surface area contributed by atoms with Crippen molar-refractivity contribution in [1.29, 1.82) is 0 Å². The van der Waals surface area contributed by atoms with Crippen molar-refractivity contribution in [1.82, 2.24) is 4.31 Å². The normalized spacial score (nSPS) is 20.0. The zero-order chi connectivity index (χ0) is 15.1. The number of piperidine rings is 1. The molecule has 0 aromatic heterocycles. The molecule has 0 atom stereocenters. The van der Waals surface area contributed by atoms with Crippen LogP contribution in [-0.2, 0) is 10.0 Å². The van der Waals surface area contributed by atoms with Crippen LogP contribution in [0.4, 0.5) is 5.69 Å². The molecule has 2 rings (SSSR count). The van der Waals surface area contributed by atoms with Crippen LogP contribution in [0.1, 0.15) is 19.8 Å². The second-order valence-electron chi connectivity index (χ2n) is 5.21. The topological polar surface area (TPSA) is 83.6 Å². The number of sulfonamides is 1. The lowest BCUT2D eigenvalue weighted by Gasteiger charge is -2.35. The van der Waals surface area contributed by atoms with Crippen LogP contribution in [0.25, 0.3) is 0 Å². The molecule has 20 heavy (non-hydrogen) atoms. The van der Waals surface area contributed by atoms with Crippen LogP contribution in [0.15, 0.2) is 17.0 Å². The molecule has 0 amide bonds. The van der Waals surface area contributed by atoms with E-state index in [4.69, 9.17) is 28.9 Å². The Morgan fingerprint density at radius 3 is 2.15 bits per heavy atom. The largest absolute Gasteiger partial charge is 0.399 e. The highest BCUT2D eigenvalue weighted by Gasteiger charge is 2.36. The second kappa shape index (κ2) is 5.35. The first-order chi connectivity index (χ1) is 9.13. The molecule has 0 saturated carbocycles. The smallest absolute Gasteiger partial charge is 0.246 e. The summed E-state index contributed by atoms with van der Waals surface area (Å²) in [5, 5.41) is 9.90. The minimum absolute atomic E-state index is 0.00679. The van der Waals surface area contributed by atoms with Gasteiger partial charge in [-0.05, 0) is 31.9 Å². The number of hydrogen-bond donors (Lipinski definition) is 2. The first kappa shape index (κ1) is 15.9. The van der Waals surface area contributed by atoms with Crippen LogP contribution < -0.4 is 5.73 Å². The lowest BCUT2D eigenvalue weighted by molar-refractivity contribution is 0.0126. The van der Waals surface area contributed by atoms with Gasteiger partial charge in [0.05, 0.1) is 15.6 Å². The summed E-state index contributed by atoms with van der Waals surface area (Å²) in [4.78, 5) is -0.128. The maximum atomic E-state index is 12.6. The highest BCUT2D eigenvalue weighted by atomic mass is 35.5. The van der Waals surface area contributed by atoms with Crippen LogP contribution in [0.5, 0.6) is 0 Å². The molecule has 1 aliphatic rings. The van der Waals surface area contributed by atoms with Crippen molar-refractivity contribution in [3.05, 3.63) is 22.2 Å². The number of nitrogen functional groups attached to an aromatic ring is 1. The van der Waals surface area contributed by atoms with Crippen LogP contribution in [0.3, 0.4) is 0 Å². The standard InChI is InChI=1S/C12H16Cl2N2O3S/c1-12(17)2-4-16(5-3-12)20(18,19)11-9(13)6-8(15)7-10(11)14/h6-7,17H,2-5,15H2,1H3. The molecule has 112 valence electrons. The van der Waals surface area contributed by atoms with Gasteiger partial charge in [-0.2, -0.15) is 4.31 Å². The van der Waals surface area contributed by atoms with Gasteiger partial charge in [-0.15, -0.1) is 0 Å². The number of anilines is 1. The van der Waals surface area contributed by atoms with E-state index in [0.29, 0.717) is 18.5 Å². The monoisotopic (exact) mass is 338 g/mol. The number of aliphatic hydroxyl groups is 1. The van der Waals surface area contributed by atoms with E-state index < -0.39 is 15.6 Å². The Labute approximate surface area is 128 Å². The van der Waals surface area contributed by atoms with Crippen LogP contribution in [0, 0.1) is 0 Å². The number of hydrogen-bond acceptors (Lipinski definition) is 4. The van der Waals surface area contributed by atoms with E-state index in [1.807, 2.05) is 0 Å². The number of benzene rings is 1. The first-order valence-electron chi connectivity index (χ1n) is 6.10.